The number of nitrogens with zero attached hydrogens (tertiary/aromatic N) is 5. The number of ether oxygens (including phenoxy) is 2. The van der Waals surface area contributed by atoms with Gasteiger partial charge in [0.05, 0.1) is 16.8 Å². The largest absolute Gasteiger partial charge is 0.457 e. The molecule has 1 unspecified atom stereocenters. The molecule has 1 amide bonds. The summed E-state index contributed by atoms with van der Waals surface area (Å²) in [5, 5.41) is 0.128. The van der Waals surface area contributed by atoms with Crippen LogP contribution in [0.15, 0.2) is 90.3 Å². The number of H-pyrrole nitrogens is 1. The second-order valence-corrected chi connectivity index (χ2v) is 13.2. The molecule has 0 spiro atoms. The van der Waals surface area contributed by atoms with E-state index in [1.54, 1.807) is 24.5 Å². The molecule has 0 bridgehead atoms. The monoisotopic (exact) mass is 728 g/mol. The Morgan fingerprint density at radius 3 is 2.65 bits per heavy atom. The molecule has 2 fully saturated rings. The lowest BCUT2D eigenvalue weighted by molar-refractivity contribution is 0.0470. The van der Waals surface area contributed by atoms with Crippen molar-refractivity contribution in [3.05, 3.63) is 118 Å². The van der Waals surface area contributed by atoms with E-state index < -0.39 is 35.3 Å². The first-order valence-electron chi connectivity index (χ1n) is 16.6. The number of nitrogens with one attached hydrogen (secondary N) is 1. The van der Waals surface area contributed by atoms with Crippen molar-refractivity contribution in [3.63, 3.8) is 0 Å². The van der Waals surface area contributed by atoms with Gasteiger partial charge in [0.25, 0.3) is 5.56 Å². The molecule has 0 aliphatic carbocycles. The van der Waals surface area contributed by atoms with E-state index in [9.17, 15) is 18.8 Å². The third-order valence-electron chi connectivity index (χ3n) is 9.71. The van der Waals surface area contributed by atoms with E-state index in [1.165, 1.54) is 17.5 Å². The maximum Gasteiger partial charge on any atom is 0.415 e. The van der Waals surface area contributed by atoms with E-state index in [2.05, 4.69) is 26.3 Å². The summed E-state index contributed by atoms with van der Waals surface area (Å²) >= 11 is 5.60. The number of amides is 1. The maximum atomic E-state index is 17.0. The number of carbonyl (C=O) groups excluding carboxylic acids is 2. The van der Waals surface area contributed by atoms with Crippen molar-refractivity contribution in [2.24, 2.45) is 5.92 Å². The molecular weight excluding hydrogens is 694 g/mol. The van der Waals surface area contributed by atoms with Gasteiger partial charge in [-0.2, -0.15) is 0 Å². The number of carbonyl (C=O) groups is 2. The minimum atomic E-state index is -0.935. The maximum absolute atomic E-state index is 17.0. The summed E-state index contributed by atoms with van der Waals surface area (Å²) in [4.78, 5) is 52.3. The molecule has 2 aliphatic heterocycles. The number of allylic oxidation sites excluding steroid dienone is 2. The van der Waals surface area contributed by atoms with Gasteiger partial charge in [0, 0.05) is 61.8 Å². The Balaban J connectivity index is 1.37. The van der Waals surface area contributed by atoms with Crippen molar-refractivity contribution in [1.82, 2.24) is 24.2 Å². The Hall–Kier alpha value is -5.53. The highest BCUT2D eigenvalue weighted by Crippen LogP contribution is 2.45. The highest BCUT2D eigenvalue weighted by molar-refractivity contribution is 6.17. The topological polar surface area (TPSA) is 112 Å². The van der Waals surface area contributed by atoms with Gasteiger partial charge in [-0.15, -0.1) is 0 Å². The molecule has 2 aliphatic rings. The standard InChI is InChI=1S/C38H35ClF2N6O5/c1-22(40)15-29(45(3)38(50)52-21-39)33-32(41)31-34(46-14-13-25-17-44(2)19-30(25)46)28(16-42-35(31)43-33)24-9-10-26-11-12-27(36(48)47(26)18-24)37(49)51-20-23-7-5-4-6-8-23/h4-12,15-16,18,25,30H,1,13-14,17,19-21H2,2-3H3,(H,42,43)/b29-15+/t25-,30?/m0/s1. The van der Waals surface area contributed by atoms with Crippen molar-refractivity contribution in [1.29, 1.82) is 0 Å². The Kier molecular flexibility index (Phi) is 9.56. The molecule has 2 atom stereocenters. The van der Waals surface area contributed by atoms with Crippen LogP contribution in [0.1, 0.15) is 28.0 Å². The van der Waals surface area contributed by atoms with E-state index in [1.807, 2.05) is 43.4 Å². The van der Waals surface area contributed by atoms with Crippen molar-refractivity contribution in [2.75, 3.05) is 44.7 Å². The highest BCUT2D eigenvalue weighted by atomic mass is 35.5. The number of likely N-dealkylation sites (N-methyl/N-ethyl adjacent to an activating group) is 1. The molecule has 7 rings (SSSR count). The van der Waals surface area contributed by atoms with Crippen LogP contribution < -0.4 is 10.5 Å². The fourth-order valence-corrected chi connectivity index (χ4v) is 7.37. The Morgan fingerprint density at radius 1 is 1.13 bits per heavy atom. The average molecular weight is 729 g/mol. The highest BCUT2D eigenvalue weighted by Gasteiger charge is 2.42. The fourth-order valence-electron chi connectivity index (χ4n) is 7.27. The van der Waals surface area contributed by atoms with Crippen molar-refractivity contribution in [2.45, 2.75) is 19.1 Å². The first kappa shape index (κ1) is 34.9. The Bertz CT molecular complexity index is 2310. The van der Waals surface area contributed by atoms with Gasteiger partial charge in [-0.1, -0.05) is 54.6 Å². The zero-order chi connectivity index (χ0) is 36.7. The lowest BCUT2D eigenvalue weighted by Gasteiger charge is -2.29. The lowest BCUT2D eigenvalue weighted by Crippen LogP contribution is -2.35. The minimum absolute atomic E-state index is 0.00826. The number of aromatic nitrogens is 3. The van der Waals surface area contributed by atoms with Gasteiger partial charge in [0.2, 0.25) is 0 Å². The summed E-state index contributed by atoms with van der Waals surface area (Å²) in [6, 6.07) is 15.4. The van der Waals surface area contributed by atoms with E-state index in [-0.39, 0.29) is 40.6 Å². The van der Waals surface area contributed by atoms with Gasteiger partial charge in [0.15, 0.2) is 11.9 Å². The van der Waals surface area contributed by atoms with Crippen LogP contribution in [0.4, 0.5) is 19.3 Å². The molecular formula is C38H35ClF2N6O5. The van der Waals surface area contributed by atoms with Gasteiger partial charge in [0.1, 0.15) is 29.3 Å². The van der Waals surface area contributed by atoms with Crippen LogP contribution in [0.2, 0.25) is 0 Å². The normalized spacial score (nSPS) is 17.5. The zero-order valence-electron chi connectivity index (χ0n) is 28.4. The van der Waals surface area contributed by atoms with E-state index in [0.29, 0.717) is 34.8 Å². The summed E-state index contributed by atoms with van der Waals surface area (Å²) in [6.07, 6.45) is 4.06. The number of hydrogen-bond acceptors (Lipinski definition) is 8. The molecule has 1 N–H and O–H groups in total. The number of pyridine rings is 3. The summed E-state index contributed by atoms with van der Waals surface area (Å²) < 4.78 is 43.0. The molecule has 0 saturated carbocycles. The molecule has 2 saturated heterocycles. The third kappa shape index (κ3) is 6.41. The van der Waals surface area contributed by atoms with Gasteiger partial charge in [-0.3, -0.25) is 14.1 Å². The fraction of sp³-hybridized carbons (Fsp3) is 0.263. The van der Waals surface area contributed by atoms with Gasteiger partial charge < -0.3 is 24.3 Å². The van der Waals surface area contributed by atoms with E-state index in [0.717, 1.165) is 36.0 Å². The number of anilines is 1. The number of esters is 1. The molecule has 14 heteroatoms. The average Bonchev–Trinajstić information content (AvgIpc) is 3.81. The van der Waals surface area contributed by atoms with Crippen LogP contribution in [0, 0.1) is 11.7 Å². The second-order valence-electron chi connectivity index (χ2n) is 13.0. The SMILES string of the molecule is C=C(F)/C=C(\c1[nH]c2ncc(-c3ccc4ccc(C(=O)OCc5ccccc5)c(=O)n4c3)c(N3CC[C@H]4CN(C)CC43)c2c1F)N(C)C(=O)OCCl. The van der Waals surface area contributed by atoms with Crippen LogP contribution in [-0.2, 0) is 16.1 Å². The second kappa shape index (κ2) is 14.2. The number of benzene rings is 1. The summed E-state index contributed by atoms with van der Waals surface area (Å²) in [5.74, 6) is -2.11. The Labute approximate surface area is 302 Å². The molecule has 0 radical (unpaired) electrons. The summed E-state index contributed by atoms with van der Waals surface area (Å²) in [7, 11) is 3.34. The Morgan fingerprint density at radius 2 is 1.90 bits per heavy atom. The van der Waals surface area contributed by atoms with Crippen molar-refractivity contribution in [3.8, 4) is 11.1 Å². The van der Waals surface area contributed by atoms with Crippen LogP contribution >= 0.6 is 11.6 Å². The summed E-state index contributed by atoms with van der Waals surface area (Å²) in [5.41, 5.74) is 1.99. The summed E-state index contributed by atoms with van der Waals surface area (Å²) in [6.45, 7) is 5.55. The predicted octanol–water partition coefficient (Wildman–Crippen LogP) is 6.57. The number of hydrogen-bond donors (Lipinski definition) is 1. The van der Waals surface area contributed by atoms with Crippen molar-refractivity contribution >= 4 is 51.6 Å². The number of fused-ring (bicyclic) bond motifs is 3. The minimum Gasteiger partial charge on any atom is -0.457 e. The number of rotatable bonds is 9. The molecule has 11 nitrogen and oxygen atoms in total. The number of halogens is 3. The van der Waals surface area contributed by atoms with Gasteiger partial charge >= 0.3 is 12.1 Å². The van der Waals surface area contributed by atoms with Gasteiger partial charge in [-0.05, 0) is 49.2 Å². The first-order chi connectivity index (χ1) is 25.0. The van der Waals surface area contributed by atoms with Crippen LogP contribution in [0.5, 0.6) is 0 Å². The molecule has 4 aromatic heterocycles. The lowest BCUT2D eigenvalue weighted by atomic mass is 10.0. The van der Waals surface area contributed by atoms with Crippen LogP contribution in [0.3, 0.4) is 0 Å². The smallest absolute Gasteiger partial charge is 0.415 e. The molecule has 6 heterocycles. The molecule has 5 aromatic rings. The van der Waals surface area contributed by atoms with Gasteiger partial charge in [-0.25, -0.2) is 23.4 Å². The molecule has 268 valence electrons. The van der Waals surface area contributed by atoms with Crippen LogP contribution in [-0.4, -0.2) is 82.1 Å². The number of aromatic amines is 1. The quantitative estimate of drug-likeness (QED) is 0.103. The van der Waals surface area contributed by atoms with E-state index in [4.69, 9.17) is 21.1 Å². The third-order valence-corrected chi connectivity index (χ3v) is 9.82. The van der Waals surface area contributed by atoms with E-state index >= 15 is 4.39 Å². The molecule has 52 heavy (non-hydrogen) atoms. The van der Waals surface area contributed by atoms with Crippen molar-refractivity contribution < 1.29 is 27.8 Å². The zero-order valence-corrected chi connectivity index (χ0v) is 29.2. The number of likely N-dealkylation sites (tertiary alicyclic amines) is 1. The predicted molar refractivity (Wildman–Crippen MR) is 194 cm³/mol. The first-order valence-corrected chi connectivity index (χ1v) is 17.1. The number of alkyl halides is 1. The van der Waals surface area contributed by atoms with Crippen LogP contribution in [0.25, 0.3) is 33.4 Å². The molecule has 1 aromatic carbocycles.